The Morgan fingerprint density at radius 3 is 2.79 bits per heavy atom. The molecule has 5 heteroatoms. The molecule has 0 spiro atoms. The first kappa shape index (κ1) is 12.6. The van der Waals surface area contributed by atoms with Gasteiger partial charge in [0, 0.05) is 11.1 Å². The summed E-state index contributed by atoms with van der Waals surface area (Å²) < 4.78 is 1.23. The van der Waals surface area contributed by atoms with E-state index in [2.05, 4.69) is 52.7 Å². The minimum absolute atomic E-state index is 0.195. The van der Waals surface area contributed by atoms with E-state index in [1.165, 1.54) is 10.3 Å². The molecule has 19 heavy (non-hydrogen) atoms. The van der Waals surface area contributed by atoms with Crippen LogP contribution in [-0.4, -0.2) is 9.97 Å². The van der Waals surface area contributed by atoms with Gasteiger partial charge in [-0.3, -0.25) is 0 Å². The van der Waals surface area contributed by atoms with E-state index in [1.807, 2.05) is 6.92 Å². The summed E-state index contributed by atoms with van der Waals surface area (Å²) in [4.78, 5) is 9.12. The van der Waals surface area contributed by atoms with Gasteiger partial charge in [0.25, 0.3) is 0 Å². The van der Waals surface area contributed by atoms with Gasteiger partial charge >= 0.3 is 0 Å². The Hall–Kier alpha value is -1.46. The molecule has 1 aromatic carbocycles. The third-order valence-corrected chi connectivity index (χ3v) is 4.99. The molecule has 1 unspecified atom stereocenters. The van der Waals surface area contributed by atoms with Crippen molar-refractivity contribution in [2.75, 3.05) is 5.32 Å². The zero-order valence-corrected chi connectivity index (χ0v) is 12.7. The molecule has 0 aliphatic heterocycles. The highest BCUT2D eigenvalue weighted by Crippen LogP contribution is 2.30. The summed E-state index contributed by atoms with van der Waals surface area (Å²) >= 11 is 3.39. The van der Waals surface area contributed by atoms with E-state index in [9.17, 15) is 0 Å². The quantitative estimate of drug-likeness (QED) is 0.769. The lowest BCUT2D eigenvalue weighted by molar-refractivity contribution is 0.862. The van der Waals surface area contributed by atoms with Crippen molar-refractivity contribution in [3.8, 4) is 0 Å². The van der Waals surface area contributed by atoms with Crippen molar-refractivity contribution in [3.05, 3.63) is 39.8 Å². The average molecular weight is 289 g/mol. The molecule has 3 rings (SSSR count). The van der Waals surface area contributed by atoms with Crippen LogP contribution in [0.2, 0.25) is 0 Å². The lowest BCUT2D eigenvalue weighted by Crippen LogP contribution is -2.05. The van der Waals surface area contributed by atoms with Crippen LogP contribution in [0.15, 0.2) is 23.6 Å². The predicted molar refractivity (Wildman–Crippen MR) is 83.2 cm³/mol. The van der Waals surface area contributed by atoms with E-state index in [0.29, 0.717) is 0 Å². The Balaban J connectivity index is 1.85. The zero-order chi connectivity index (χ0) is 13.4. The van der Waals surface area contributed by atoms with Crippen molar-refractivity contribution in [3.63, 3.8) is 0 Å². The molecular weight excluding hydrogens is 274 g/mol. The molecule has 0 saturated heterocycles. The lowest BCUT2D eigenvalue weighted by Gasteiger charge is -2.08. The average Bonchev–Trinajstić information content (AvgIpc) is 2.94. The van der Waals surface area contributed by atoms with Gasteiger partial charge in [0.2, 0.25) is 0 Å². The van der Waals surface area contributed by atoms with E-state index in [4.69, 9.17) is 0 Å². The minimum Gasteiger partial charge on any atom is -0.353 e. The summed E-state index contributed by atoms with van der Waals surface area (Å²) in [5.41, 5.74) is 3.40. The standard InChI is InChI=1S/C14H15N3S2/c1-8-4-5-11-12(6-8)19-14(17-11)16-10(3)13-15-9(2)7-18-13/h4-7,10H,1-3H3,(H,16,17). The molecule has 0 aliphatic rings. The van der Waals surface area contributed by atoms with Gasteiger partial charge < -0.3 is 5.32 Å². The number of aromatic nitrogens is 2. The molecule has 0 aliphatic carbocycles. The monoisotopic (exact) mass is 289 g/mol. The van der Waals surface area contributed by atoms with E-state index < -0.39 is 0 Å². The largest absolute Gasteiger partial charge is 0.353 e. The van der Waals surface area contributed by atoms with Crippen molar-refractivity contribution in [2.45, 2.75) is 26.8 Å². The Bertz CT molecular complexity index is 714. The van der Waals surface area contributed by atoms with Gasteiger partial charge in [-0.25, -0.2) is 9.97 Å². The molecule has 98 valence electrons. The molecule has 0 bridgehead atoms. The van der Waals surface area contributed by atoms with E-state index >= 15 is 0 Å². The number of aryl methyl sites for hydroxylation is 2. The van der Waals surface area contributed by atoms with Crippen molar-refractivity contribution < 1.29 is 0 Å². The van der Waals surface area contributed by atoms with Gasteiger partial charge in [-0.15, -0.1) is 11.3 Å². The normalized spacial score (nSPS) is 12.8. The van der Waals surface area contributed by atoms with Gasteiger partial charge in [0.05, 0.1) is 16.3 Å². The van der Waals surface area contributed by atoms with Crippen LogP contribution in [0.5, 0.6) is 0 Å². The molecule has 0 amide bonds. The molecule has 1 N–H and O–H groups in total. The van der Waals surface area contributed by atoms with Crippen molar-refractivity contribution in [1.29, 1.82) is 0 Å². The third kappa shape index (κ3) is 2.62. The number of nitrogens with one attached hydrogen (secondary N) is 1. The molecule has 0 radical (unpaired) electrons. The van der Waals surface area contributed by atoms with Crippen LogP contribution in [0.1, 0.15) is 29.2 Å². The van der Waals surface area contributed by atoms with Gasteiger partial charge in [-0.2, -0.15) is 0 Å². The number of anilines is 1. The number of hydrogen-bond donors (Lipinski definition) is 1. The van der Waals surface area contributed by atoms with Crippen molar-refractivity contribution in [2.24, 2.45) is 0 Å². The fourth-order valence-electron chi connectivity index (χ4n) is 1.91. The van der Waals surface area contributed by atoms with Gasteiger partial charge in [-0.05, 0) is 38.5 Å². The predicted octanol–water partition coefficient (Wildman–Crippen LogP) is 4.54. The summed E-state index contributed by atoms with van der Waals surface area (Å²) in [6.07, 6.45) is 0. The van der Waals surface area contributed by atoms with Gasteiger partial charge in [-0.1, -0.05) is 17.4 Å². The molecule has 3 nitrogen and oxygen atoms in total. The first-order valence-corrected chi connectivity index (χ1v) is 7.87. The number of fused-ring (bicyclic) bond motifs is 1. The Morgan fingerprint density at radius 1 is 1.21 bits per heavy atom. The number of nitrogens with zero attached hydrogens (tertiary/aromatic N) is 2. The molecule has 2 aromatic heterocycles. The van der Waals surface area contributed by atoms with Crippen LogP contribution in [-0.2, 0) is 0 Å². The van der Waals surface area contributed by atoms with E-state index in [0.717, 1.165) is 21.3 Å². The first-order valence-electron chi connectivity index (χ1n) is 6.17. The Morgan fingerprint density at radius 2 is 2.05 bits per heavy atom. The van der Waals surface area contributed by atoms with E-state index in [1.54, 1.807) is 22.7 Å². The number of hydrogen-bond acceptors (Lipinski definition) is 5. The van der Waals surface area contributed by atoms with Crippen molar-refractivity contribution in [1.82, 2.24) is 9.97 Å². The molecular formula is C14H15N3S2. The summed E-state index contributed by atoms with van der Waals surface area (Å²) in [6, 6.07) is 6.54. The topological polar surface area (TPSA) is 37.8 Å². The fourth-order valence-corrected chi connectivity index (χ4v) is 3.77. The van der Waals surface area contributed by atoms with E-state index in [-0.39, 0.29) is 6.04 Å². The number of benzene rings is 1. The van der Waals surface area contributed by atoms with Crippen LogP contribution >= 0.6 is 22.7 Å². The molecule has 0 fully saturated rings. The highest BCUT2D eigenvalue weighted by atomic mass is 32.1. The third-order valence-electron chi connectivity index (χ3n) is 2.89. The maximum absolute atomic E-state index is 4.61. The lowest BCUT2D eigenvalue weighted by atomic mass is 10.2. The second kappa shape index (κ2) is 4.90. The Kier molecular flexibility index (Phi) is 3.24. The van der Waals surface area contributed by atoms with Crippen LogP contribution in [0.25, 0.3) is 10.2 Å². The second-order valence-electron chi connectivity index (χ2n) is 4.68. The summed E-state index contributed by atoms with van der Waals surface area (Å²) in [7, 11) is 0. The minimum atomic E-state index is 0.195. The zero-order valence-electron chi connectivity index (χ0n) is 11.1. The summed E-state index contributed by atoms with van der Waals surface area (Å²) in [5.74, 6) is 0. The van der Waals surface area contributed by atoms with Crippen LogP contribution in [0, 0.1) is 13.8 Å². The number of thiazole rings is 2. The van der Waals surface area contributed by atoms with Crippen molar-refractivity contribution >= 4 is 38.0 Å². The first-order chi connectivity index (χ1) is 9.11. The SMILES string of the molecule is Cc1ccc2nc(NC(C)c3nc(C)cs3)sc2c1. The smallest absolute Gasteiger partial charge is 0.184 e. The number of rotatable bonds is 3. The van der Waals surface area contributed by atoms with Crippen LogP contribution in [0.3, 0.4) is 0 Å². The van der Waals surface area contributed by atoms with Crippen LogP contribution in [0.4, 0.5) is 5.13 Å². The maximum atomic E-state index is 4.61. The highest BCUT2D eigenvalue weighted by Gasteiger charge is 2.11. The maximum Gasteiger partial charge on any atom is 0.184 e. The Labute approximate surface area is 120 Å². The molecule has 1 atom stereocenters. The van der Waals surface area contributed by atoms with Crippen LogP contribution < -0.4 is 5.32 Å². The summed E-state index contributed by atoms with van der Waals surface area (Å²) in [6.45, 7) is 6.25. The second-order valence-corrected chi connectivity index (χ2v) is 6.60. The molecule has 0 saturated carbocycles. The summed E-state index contributed by atoms with van der Waals surface area (Å²) in [5, 5.41) is 7.58. The highest BCUT2D eigenvalue weighted by molar-refractivity contribution is 7.22. The molecule has 3 aromatic rings. The molecule has 2 heterocycles. The fraction of sp³-hybridized carbons (Fsp3) is 0.286. The van der Waals surface area contributed by atoms with Gasteiger partial charge in [0.1, 0.15) is 5.01 Å². The van der Waals surface area contributed by atoms with Gasteiger partial charge in [0.15, 0.2) is 5.13 Å².